The molecule has 0 aromatic heterocycles. The van der Waals surface area contributed by atoms with Crippen LogP contribution in [-0.4, -0.2) is 24.8 Å². The predicted molar refractivity (Wildman–Crippen MR) is 99.7 cm³/mol. The number of fused-ring (bicyclic) bond motifs is 1. The minimum atomic E-state index is -0.270. The van der Waals surface area contributed by atoms with Crippen molar-refractivity contribution >= 4 is 33.5 Å². The van der Waals surface area contributed by atoms with Crippen LogP contribution in [0.2, 0.25) is 5.02 Å². The standard InChI is InChI=1S/C18H16BrClO2.CH4O/c19-15-6-4-12(5-7-15)18(21)22-11-14-3-1-2-13-10-16(20)8-9-17(13)14;1-2/h4-10,14H,1-3,11H2;2H,1H3. The van der Waals surface area contributed by atoms with E-state index in [-0.39, 0.29) is 11.9 Å². The van der Waals surface area contributed by atoms with E-state index in [1.807, 2.05) is 24.3 Å². The number of esters is 1. The molecule has 2 aromatic carbocycles. The topological polar surface area (TPSA) is 46.5 Å². The molecule has 3 rings (SSSR count). The summed E-state index contributed by atoms with van der Waals surface area (Å²) in [7, 11) is 1.00. The van der Waals surface area contributed by atoms with Crippen molar-refractivity contribution in [2.75, 3.05) is 13.7 Å². The minimum absolute atomic E-state index is 0.264. The molecule has 3 nitrogen and oxygen atoms in total. The summed E-state index contributed by atoms with van der Waals surface area (Å²) in [5.41, 5.74) is 3.12. The Labute approximate surface area is 155 Å². The van der Waals surface area contributed by atoms with Gasteiger partial charge in [0, 0.05) is 22.5 Å². The first-order chi connectivity index (χ1) is 11.6. The molecule has 0 saturated heterocycles. The van der Waals surface area contributed by atoms with Crippen molar-refractivity contribution in [3.8, 4) is 0 Å². The van der Waals surface area contributed by atoms with Gasteiger partial charge in [0.15, 0.2) is 0 Å². The van der Waals surface area contributed by atoms with Gasteiger partial charge in [-0.25, -0.2) is 4.79 Å². The van der Waals surface area contributed by atoms with Gasteiger partial charge in [-0.15, -0.1) is 0 Å². The highest BCUT2D eigenvalue weighted by atomic mass is 79.9. The lowest BCUT2D eigenvalue weighted by atomic mass is 9.83. The van der Waals surface area contributed by atoms with Crippen molar-refractivity contribution in [3.63, 3.8) is 0 Å². The third-order valence-electron chi connectivity index (χ3n) is 4.04. The summed E-state index contributed by atoms with van der Waals surface area (Å²) < 4.78 is 6.45. The number of aryl methyl sites for hydroxylation is 1. The fraction of sp³-hybridized carbons (Fsp3) is 0.316. The number of aliphatic hydroxyl groups is 1. The number of halogens is 2. The Morgan fingerprint density at radius 3 is 2.67 bits per heavy atom. The lowest BCUT2D eigenvalue weighted by Gasteiger charge is -2.25. The Hall–Kier alpha value is -1.36. The second kappa shape index (κ2) is 9.21. The first kappa shape index (κ1) is 19.0. The molecule has 1 N–H and O–H groups in total. The molecule has 0 spiro atoms. The molecular formula is C19H20BrClO3. The summed E-state index contributed by atoms with van der Waals surface area (Å²) >= 11 is 9.41. The lowest BCUT2D eigenvalue weighted by Crippen LogP contribution is -2.17. The van der Waals surface area contributed by atoms with Gasteiger partial charge in [-0.1, -0.05) is 33.6 Å². The quantitative estimate of drug-likeness (QED) is 0.724. The Bertz CT molecular complexity index is 686. The molecule has 1 aliphatic rings. The molecule has 2 aromatic rings. The van der Waals surface area contributed by atoms with Gasteiger partial charge in [0.05, 0.1) is 12.2 Å². The number of carbonyl (C=O) groups excluding carboxylic acids is 1. The molecule has 1 unspecified atom stereocenters. The number of hydrogen-bond acceptors (Lipinski definition) is 3. The molecule has 128 valence electrons. The lowest BCUT2D eigenvalue weighted by molar-refractivity contribution is 0.0472. The molecule has 24 heavy (non-hydrogen) atoms. The Morgan fingerprint density at radius 1 is 1.25 bits per heavy atom. The normalized spacial score (nSPS) is 15.8. The van der Waals surface area contributed by atoms with E-state index in [1.54, 1.807) is 12.1 Å². The van der Waals surface area contributed by atoms with E-state index in [2.05, 4.69) is 22.0 Å². The smallest absolute Gasteiger partial charge is 0.338 e. The number of ether oxygens (including phenoxy) is 1. The molecule has 1 atom stereocenters. The monoisotopic (exact) mass is 410 g/mol. The van der Waals surface area contributed by atoms with Crippen LogP contribution in [-0.2, 0) is 11.2 Å². The van der Waals surface area contributed by atoms with Crippen molar-refractivity contribution in [1.82, 2.24) is 0 Å². The van der Waals surface area contributed by atoms with Crippen molar-refractivity contribution in [3.05, 3.63) is 68.7 Å². The van der Waals surface area contributed by atoms with Gasteiger partial charge in [-0.3, -0.25) is 0 Å². The number of carbonyl (C=O) groups is 1. The van der Waals surface area contributed by atoms with Crippen molar-refractivity contribution < 1.29 is 14.6 Å². The largest absolute Gasteiger partial charge is 0.461 e. The highest BCUT2D eigenvalue weighted by Gasteiger charge is 2.22. The molecule has 1 aliphatic carbocycles. The van der Waals surface area contributed by atoms with Crippen LogP contribution >= 0.6 is 27.5 Å². The first-order valence-electron chi connectivity index (χ1n) is 7.79. The van der Waals surface area contributed by atoms with Crippen LogP contribution in [0.15, 0.2) is 46.9 Å². The van der Waals surface area contributed by atoms with Gasteiger partial charge in [0.2, 0.25) is 0 Å². The maximum atomic E-state index is 12.1. The molecule has 0 bridgehead atoms. The minimum Gasteiger partial charge on any atom is -0.461 e. The fourth-order valence-electron chi connectivity index (χ4n) is 2.90. The average Bonchev–Trinajstić information content (AvgIpc) is 2.61. The maximum Gasteiger partial charge on any atom is 0.338 e. The summed E-state index contributed by atoms with van der Waals surface area (Å²) in [5.74, 6) is -0.00555. The highest BCUT2D eigenvalue weighted by molar-refractivity contribution is 9.10. The maximum absolute atomic E-state index is 12.1. The molecule has 0 fully saturated rings. The van der Waals surface area contributed by atoms with Crippen molar-refractivity contribution in [2.45, 2.75) is 25.2 Å². The average molecular weight is 412 g/mol. The summed E-state index contributed by atoms with van der Waals surface area (Å²) in [6.45, 7) is 0.420. The third-order valence-corrected chi connectivity index (χ3v) is 4.80. The van der Waals surface area contributed by atoms with Crippen LogP contribution in [0, 0.1) is 0 Å². The number of hydrogen-bond donors (Lipinski definition) is 1. The zero-order valence-electron chi connectivity index (χ0n) is 13.5. The molecule has 0 aliphatic heterocycles. The molecular weight excluding hydrogens is 392 g/mol. The number of aliphatic hydroxyl groups excluding tert-OH is 1. The van der Waals surface area contributed by atoms with Crippen LogP contribution in [0.25, 0.3) is 0 Å². The first-order valence-corrected chi connectivity index (χ1v) is 8.96. The van der Waals surface area contributed by atoms with Crippen LogP contribution in [0.1, 0.15) is 40.2 Å². The summed E-state index contributed by atoms with van der Waals surface area (Å²) in [6, 6.07) is 13.2. The predicted octanol–water partition coefficient (Wildman–Crippen LogP) is 4.99. The fourth-order valence-corrected chi connectivity index (χ4v) is 3.36. The van der Waals surface area contributed by atoms with E-state index in [1.165, 1.54) is 11.1 Å². The second-order valence-corrected chi connectivity index (χ2v) is 6.89. The van der Waals surface area contributed by atoms with Crippen LogP contribution in [0.4, 0.5) is 0 Å². The molecule has 0 heterocycles. The number of benzene rings is 2. The van der Waals surface area contributed by atoms with E-state index in [0.717, 1.165) is 35.9 Å². The van der Waals surface area contributed by atoms with Crippen LogP contribution in [0.3, 0.4) is 0 Å². The van der Waals surface area contributed by atoms with E-state index in [9.17, 15) is 4.79 Å². The Morgan fingerprint density at radius 2 is 1.96 bits per heavy atom. The van der Waals surface area contributed by atoms with E-state index < -0.39 is 0 Å². The molecule has 0 radical (unpaired) electrons. The van der Waals surface area contributed by atoms with Gasteiger partial charge < -0.3 is 9.84 Å². The third kappa shape index (κ3) is 4.82. The Balaban J connectivity index is 0.00000100. The van der Waals surface area contributed by atoms with Gasteiger partial charge >= 0.3 is 5.97 Å². The van der Waals surface area contributed by atoms with Crippen LogP contribution < -0.4 is 0 Å². The number of rotatable bonds is 3. The Kier molecular flexibility index (Phi) is 7.28. The molecule has 0 amide bonds. The SMILES string of the molecule is CO.O=C(OCC1CCCc2cc(Cl)ccc21)c1ccc(Br)cc1. The van der Waals surface area contributed by atoms with Crippen LogP contribution in [0.5, 0.6) is 0 Å². The van der Waals surface area contributed by atoms with E-state index in [0.29, 0.717) is 12.2 Å². The van der Waals surface area contributed by atoms with E-state index >= 15 is 0 Å². The van der Waals surface area contributed by atoms with Gasteiger partial charge in [0.1, 0.15) is 0 Å². The zero-order chi connectivity index (χ0) is 17.5. The van der Waals surface area contributed by atoms with Gasteiger partial charge in [-0.05, 0) is 66.8 Å². The molecule has 5 heteroatoms. The summed E-state index contributed by atoms with van der Waals surface area (Å²) in [4.78, 5) is 12.1. The van der Waals surface area contributed by atoms with E-state index in [4.69, 9.17) is 21.4 Å². The highest BCUT2D eigenvalue weighted by Crippen LogP contribution is 2.33. The summed E-state index contributed by atoms with van der Waals surface area (Å²) in [6.07, 6.45) is 3.20. The van der Waals surface area contributed by atoms with Gasteiger partial charge in [0.25, 0.3) is 0 Å². The van der Waals surface area contributed by atoms with Gasteiger partial charge in [-0.2, -0.15) is 0 Å². The molecule has 0 saturated carbocycles. The summed E-state index contributed by atoms with van der Waals surface area (Å²) in [5, 5.41) is 7.77. The zero-order valence-corrected chi connectivity index (χ0v) is 15.8. The van der Waals surface area contributed by atoms with Crippen molar-refractivity contribution in [1.29, 1.82) is 0 Å². The second-order valence-electron chi connectivity index (χ2n) is 5.54. The van der Waals surface area contributed by atoms with Crippen molar-refractivity contribution in [2.24, 2.45) is 0 Å².